The summed E-state index contributed by atoms with van der Waals surface area (Å²) in [6.45, 7) is 8.73. The average molecular weight is 262 g/mol. The van der Waals surface area contributed by atoms with Gasteiger partial charge in [0.2, 0.25) is 5.91 Å². The Morgan fingerprint density at radius 3 is 2.63 bits per heavy atom. The number of hydrogen-bond acceptors (Lipinski definition) is 2. The number of rotatable bonds is 8. The van der Waals surface area contributed by atoms with Gasteiger partial charge in [-0.15, -0.1) is 0 Å². The molecule has 19 heavy (non-hydrogen) atoms. The molecule has 0 heterocycles. The number of benzene rings is 1. The van der Waals surface area contributed by atoms with Gasteiger partial charge in [0.25, 0.3) is 0 Å². The highest BCUT2D eigenvalue weighted by atomic mass is 16.1. The predicted molar refractivity (Wildman–Crippen MR) is 81.6 cm³/mol. The molecule has 0 fully saturated rings. The Balaban J connectivity index is 2.53. The van der Waals surface area contributed by atoms with Gasteiger partial charge in [-0.25, -0.2) is 0 Å². The van der Waals surface area contributed by atoms with Gasteiger partial charge >= 0.3 is 0 Å². The SMILES string of the molecule is CCCCN(CCCNC(C)=O)c1cccc(C)c1. The first kappa shape index (κ1) is 15.5. The minimum absolute atomic E-state index is 0.0515. The van der Waals surface area contributed by atoms with Gasteiger partial charge in [0.1, 0.15) is 0 Å². The highest BCUT2D eigenvalue weighted by Crippen LogP contribution is 2.16. The summed E-state index contributed by atoms with van der Waals surface area (Å²) >= 11 is 0. The molecule has 3 heteroatoms. The maximum absolute atomic E-state index is 10.9. The van der Waals surface area contributed by atoms with Crippen molar-refractivity contribution in [1.29, 1.82) is 0 Å². The van der Waals surface area contributed by atoms with Crippen LogP contribution in [0.1, 0.15) is 38.7 Å². The van der Waals surface area contributed by atoms with Crippen molar-refractivity contribution >= 4 is 11.6 Å². The maximum Gasteiger partial charge on any atom is 0.216 e. The molecule has 0 radical (unpaired) electrons. The molecular formula is C16H26N2O. The highest BCUT2D eigenvalue weighted by Gasteiger charge is 2.06. The van der Waals surface area contributed by atoms with E-state index in [1.807, 2.05) is 0 Å². The molecule has 1 N–H and O–H groups in total. The molecule has 106 valence electrons. The monoisotopic (exact) mass is 262 g/mol. The second-order valence-electron chi connectivity index (χ2n) is 5.02. The number of anilines is 1. The maximum atomic E-state index is 10.9. The number of carbonyl (C=O) groups is 1. The van der Waals surface area contributed by atoms with Crippen LogP contribution in [0.2, 0.25) is 0 Å². The Morgan fingerprint density at radius 1 is 1.26 bits per heavy atom. The normalized spacial score (nSPS) is 10.3. The number of carbonyl (C=O) groups excluding carboxylic acids is 1. The third-order valence-electron chi connectivity index (χ3n) is 3.13. The van der Waals surface area contributed by atoms with E-state index in [1.54, 1.807) is 6.92 Å². The quantitative estimate of drug-likeness (QED) is 0.730. The summed E-state index contributed by atoms with van der Waals surface area (Å²) in [7, 11) is 0. The van der Waals surface area contributed by atoms with Crippen molar-refractivity contribution in [1.82, 2.24) is 5.32 Å². The molecule has 3 nitrogen and oxygen atoms in total. The van der Waals surface area contributed by atoms with Crippen molar-refractivity contribution in [3.8, 4) is 0 Å². The van der Waals surface area contributed by atoms with Gasteiger partial charge in [-0.2, -0.15) is 0 Å². The fourth-order valence-corrected chi connectivity index (χ4v) is 2.08. The fourth-order valence-electron chi connectivity index (χ4n) is 2.08. The Hall–Kier alpha value is -1.51. The van der Waals surface area contributed by atoms with Crippen molar-refractivity contribution in [3.05, 3.63) is 29.8 Å². The number of nitrogens with one attached hydrogen (secondary N) is 1. The zero-order valence-corrected chi connectivity index (χ0v) is 12.4. The Bertz CT molecular complexity index is 390. The average Bonchev–Trinajstić information content (AvgIpc) is 2.37. The standard InChI is InChI=1S/C16H26N2O/c1-4-5-11-18(12-7-10-17-15(3)19)16-9-6-8-14(2)13-16/h6,8-9,13H,4-5,7,10-12H2,1-3H3,(H,17,19). The zero-order valence-electron chi connectivity index (χ0n) is 12.4. The number of nitrogens with zero attached hydrogens (tertiary/aromatic N) is 1. The molecule has 0 spiro atoms. The fraction of sp³-hybridized carbons (Fsp3) is 0.562. The van der Waals surface area contributed by atoms with Crippen LogP contribution in [0, 0.1) is 6.92 Å². The summed E-state index contributed by atoms with van der Waals surface area (Å²) < 4.78 is 0. The Kier molecular flexibility index (Phi) is 7.01. The van der Waals surface area contributed by atoms with Crippen LogP contribution in [-0.4, -0.2) is 25.5 Å². The lowest BCUT2D eigenvalue weighted by Gasteiger charge is -2.25. The summed E-state index contributed by atoms with van der Waals surface area (Å²) in [5, 5.41) is 2.85. The van der Waals surface area contributed by atoms with E-state index in [9.17, 15) is 4.79 Å². The summed E-state index contributed by atoms with van der Waals surface area (Å²) in [5.74, 6) is 0.0515. The van der Waals surface area contributed by atoms with Gasteiger partial charge in [0, 0.05) is 32.2 Å². The van der Waals surface area contributed by atoms with E-state index in [4.69, 9.17) is 0 Å². The topological polar surface area (TPSA) is 32.3 Å². The molecule has 0 aliphatic rings. The lowest BCUT2D eigenvalue weighted by molar-refractivity contribution is -0.118. The number of aryl methyl sites for hydroxylation is 1. The van der Waals surface area contributed by atoms with Crippen LogP contribution in [0.4, 0.5) is 5.69 Å². The number of unbranched alkanes of at least 4 members (excludes halogenated alkanes) is 1. The van der Waals surface area contributed by atoms with Crippen LogP contribution in [-0.2, 0) is 4.79 Å². The third kappa shape index (κ3) is 6.27. The first-order chi connectivity index (χ1) is 9.13. The van der Waals surface area contributed by atoms with E-state index < -0.39 is 0 Å². The third-order valence-corrected chi connectivity index (χ3v) is 3.13. The van der Waals surface area contributed by atoms with E-state index in [0.29, 0.717) is 0 Å². The Labute approximate surface area is 117 Å². The van der Waals surface area contributed by atoms with Crippen molar-refractivity contribution < 1.29 is 4.79 Å². The first-order valence-corrected chi connectivity index (χ1v) is 7.19. The van der Waals surface area contributed by atoms with Crippen LogP contribution in [0.25, 0.3) is 0 Å². The van der Waals surface area contributed by atoms with E-state index in [-0.39, 0.29) is 5.91 Å². The first-order valence-electron chi connectivity index (χ1n) is 7.19. The second kappa shape index (κ2) is 8.57. The summed E-state index contributed by atoms with van der Waals surface area (Å²) in [6, 6.07) is 8.63. The van der Waals surface area contributed by atoms with Gasteiger partial charge in [0.15, 0.2) is 0 Å². The van der Waals surface area contributed by atoms with E-state index in [2.05, 4.69) is 48.3 Å². The van der Waals surface area contributed by atoms with E-state index in [0.717, 1.165) is 26.1 Å². The van der Waals surface area contributed by atoms with Gasteiger partial charge in [-0.1, -0.05) is 25.5 Å². The minimum atomic E-state index is 0.0515. The summed E-state index contributed by atoms with van der Waals surface area (Å²) in [4.78, 5) is 13.3. The number of amides is 1. The zero-order chi connectivity index (χ0) is 14.1. The van der Waals surface area contributed by atoms with Gasteiger partial charge in [0.05, 0.1) is 0 Å². The van der Waals surface area contributed by atoms with Crippen LogP contribution in [0.5, 0.6) is 0 Å². The smallest absolute Gasteiger partial charge is 0.216 e. The molecule has 0 atom stereocenters. The molecule has 1 amide bonds. The van der Waals surface area contributed by atoms with Crippen molar-refractivity contribution in [2.24, 2.45) is 0 Å². The molecule has 0 aliphatic carbocycles. The molecule has 0 unspecified atom stereocenters. The summed E-state index contributed by atoms with van der Waals surface area (Å²) in [5.41, 5.74) is 2.58. The predicted octanol–water partition coefficient (Wildman–Crippen LogP) is 3.13. The van der Waals surface area contributed by atoms with Crippen molar-refractivity contribution in [2.75, 3.05) is 24.5 Å². The van der Waals surface area contributed by atoms with Gasteiger partial charge < -0.3 is 10.2 Å². The molecule has 1 rings (SSSR count). The van der Waals surface area contributed by atoms with E-state index >= 15 is 0 Å². The molecule has 0 aromatic heterocycles. The Morgan fingerprint density at radius 2 is 2.00 bits per heavy atom. The molecule has 0 aliphatic heterocycles. The van der Waals surface area contributed by atoms with Gasteiger partial charge in [-0.05, 0) is 37.5 Å². The molecule has 0 saturated heterocycles. The lowest BCUT2D eigenvalue weighted by Crippen LogP contribution is -2.29. The van der Waals surface area contributed by atoms with Crippen LogP contribution in [0.15, 0.2) is 24.3 Å². The minimum Gasteiger partial charge on any atom is -0.371 e. The largest absolute Gasteiger partial charge is 0.371 e. The van der Waals surface area contributed by atoms with Crippen LogP contribution in [0.3, 0.4) is 0 Å². The second-order valence-corrected chi connectivity index (χ2v) is 5.02. The van der Waals surface area contributed by atoms with E-state index in [1.165, 1.54) is 24.1 Å². The van der Waals surface area contributed by atoms with Gasteiger partial charge in [-0.3, -0.25) is 4.79 Å². The molecule has 1 aromatic rings. The molecule has 1 aromatic carbocycles. The van der Waals surface area contributed by atoms with Crippen LogP contribution >= 0.6 is 0 Å². The highest BCUT2D eigenvalue weighted by molar-refractivity contribution is 5.72. The number of hydrogen-bond donors (Lipinski definition) is 1. The molecular weight excluding hydrogens is 236 g/mol. The molecule has 0 bridgehead atoms. The molecule has 0 saturated carbocycles. The lowest BCUT2D eigenvalue weighted by atomic mass is 10.2. The summed E-state index contributed by atoms with van der Waals surface area (Å²) in [6.07, 6.45) is 3.39. The van der Waals surface area contributed by atoms with Crippen LogP contribution < -0.4 is 10.2 Å². The van der Waals surface area contributed by atoms with Crippen molar-refractivity contribution in [2.45, 2.75) is 40.0 Å². The van der Waals surface area contributed by atoms with Crippen molar-refractivity contribution in [3.63, 3.8) is 0 Å².